The molecule has 1 aromatic heterocycles. The van der Waals surface area contributed by atoms with Crippen molar-refractivity contribution in [2.45, 2.75) is 25.8 Å². The first kappa shape index (κ1) is 14.1. The van der Waals surface area contributed by atoms with E-state index in [-0.39, 0.29) is 5.41 Å². The van der Waals surface area contributed by atoms with Crippen LogP contribution in [0.15, 0.2) is 41.1 Å². The summed E-state index contributed by atoms with van der Waals surface area (Å²) in [4.78, 5) is 2.37. The quantitative estimate of drug-likeness (QED) is 0.842. The number of nitrogens with zero attached hydrogens (tertiary/aromatic N) is 1. The van der Waals surface area contributed by atoms with Crippen molar-refractivity contribution in [1.82, 2.24) is 4.90 Å². The van der Waals surface area contributed by atoms with Gasteiger partial charge in [0.15, 0.2) is 0 Å². The molecule has 0 spiro atoms. The molecule has 3 heteroatoms. The minimum absolute atomic E-state index is 0.123. The lowest BCUT2D eigenvalue weighted by Gasteiger charge is -2.31. The van der Waals surface area contributed by atoms with Crippen LogP contribution < -0.4 is 5.73 Å². The van der Waals surface area contributed by atoms with Crippen molar-refractivity contribution in [2.75, 3.05) is 19.3 Å². The third-order valence-electron chi connectivity index (χ3n) is 3.39. The van der Waals surface area contributed by atoms with Crippen LogP contribution in [0.3, 0.4) is 0 Å². The molecule has 0 amide bonds. The number of thiophene rings is 1. The van der Waals surface area contributed by atoms with E-state index in [9.17, 15) is 0 Å². The van der Waals surface area contributed by atoms with Gasteiger partial charge in [-0.3, -0.25) is 0 Å². The fourth-order valence-electron chi connectivity index (χ4n) is 2.45. The van der Waals surface area contributed by atoms with Gasteiger partial charge in [-0.15, -0.1) is 0 Å². The molecule has 0 bridgehead atoms. The second-order valence-corrected chi connectivity index (χ2v) is 6.59. The highest BCUT2D eigenvalue weighted by atomic mass is 32.1. The van der Waals surface area contributed by atoms with Gasteiger partial charge < -0.3 is 10.6 Å². The Bertz CT molecular complexity index is 500. The first-order chi connectivity index (χ1) is 8.97. The Morgan fingerprint density at radius 3 is 2.42 bits per heavy atom. The minimum atomic E-state index is 0.123. The maximum absolute atomic E-state index is 5.75. The molecule has 1 aromatic carbocycles. The van der Waals surface area contributed by atoms with Gasteiger partial charge in [0.25, 0.3) is 0 Å². The van der Waals surface area contributed by atoms with Gasteiger partial charge in [-0.1, -0.05) is 26.0 Å². The molecule has 0 fully saturated rings. The van der Waals surface area contributed by atoms with Crippen LogP contribution in [0.5, 0.6) is 0 Å². The van der Waals surface area contributed by atoms with Crippen molar-refractivity contribution in [1.29, 1.82) is 0 Å². The second kappa shape index (κ2) is 5.76. The van der Waals surface area contributed by atoms with Crippen molar-refractivity contribution >= 4 is 17.0 Å². The number of hydrogen-bond donors (Lipinski definition) is 1. The lowest BCUT2D eigenvalue weighted by atomic mass is 9.84. The van der Waals surface area contributed by atoms with E-state index in [1.807, 2.05) is 12.1 Å². The van der Waals surface area contributed by atoms with Gasteiger partial charge in [0.2, 0.25) is 0 Å². The maximum atomic E-state index is 5.75. The van der Waals surface area contributed by atoms with Crippen molar-refractivity contribution in [3.63, 3.8) is 0 Å². The average Bonchev–Trinajstić information content (AvgIpc) is 2.81. The van der Waals surface area contributed by atoms with Gasteiger partial charge in [-0.05, 0) is 47.1 Å². The number of nitrogens with two attached hydrogens (primary N) is 1. The summed E-state index contributed by atoms with van der Waals surface area (Å²) < 4.78 is 0. The van der Waals surface area contributed by atoms with Gasteiger partial charge in [0, 0.05) is 24.2 Å². The highest BCUT2D eigenvalue weighted by molar-refractivity contribution is 7.07. The fraction of sp³-hybridized carbons (Fsp3) is 0.375. The zero-order valence-corrected chi connectivity index (χ0v) is 12.7. The summed E-state index contributed by atoms with van der Waals surface area (Å²) in [5.74, 6) is 0. The van der Waals surface area contributed by atoms with E-state index in [2.05, 4.69) is 54.8 Å². The Hall–Kier alpha value is -1.32. The maximum Gasteiger partial charge on any atom is 0.0314 e. The lowest BCUT2D eigenvalue weighted by molar-refractivity contribution is 0.261. The smallest absolute Gasteiger partial charge is 0.0314 e. The van der Waals surface area contributed by atoms with Crippen molar-refractivity contribution in [2.24, 2.45) is 0 Å². The van der Waals surface area contributed by atoms with E-state index < -0.39 is 0 Å². The number of anilines is 1. The normalized spacial score (nSPS) is 12.0. The fourth-order valence-corrected chi connectivity index (χ4v) is 3.11. The SMILES string of the molecule is CN(Cc1ccsc1)CC(C)(C)c1ccc(N)cc1. The summed E-state index contributed by atoms with van der Waals surface area (Å²) in [7, 11) is 2.18. The molecule has 2 aromatic rings. The molecular formula is C16H22N2S. The molecular weight excluding hydrogens is 252 g/mol. The van der Waals surface area contributed by atoms with Crippen molar-refractivity contribution in [3.8, 4) is 0 Å². The highest BCUT2D eigenvalue weighted by Gasteiger charge is 2.22. The summed E-state index contributed by atoms with van der Waals surface area (Å²) in [6.45, 7) is 6.58. The Morgan fingerprint density at radius 1 is 1.16 bits per heavy atom. The summed E-state index contributed by atoms with van der Waals surface area (Å²) in [6, 6.07) is 10.4. The van der Waals surface area contributed by atoms with Crippen LogP contribution in [0.2, 0.25) is 0 Å². The molecule has 0 unspecified atom stereocenters. The van der Waals surface area contributed by atoms with E-state index in [0.717, 1.165) is 18.8 Å². The summed E-state index contributed by atoms with van der Waals surface area (Å²) in [5, 5.41) is 4.35. The predicted molar refractivity (Wildman–Crippen MR) is 84.5 cm³/mol. The van der Waals surface area contributed by atoms with Crippen molar-refractivity contribution < 1.29 is 0 Å². The molecule has 0 saturated carbocycles. The van der Waals surface area contributed by atoms with Crippen LogP contribution in [0.25, 0.3) is 0 Å². The monoisotopic (exact) mass is 274 g/mol. The van der Waals surface area contributed by atoms with E-state index >= 15 is 0 Å². The Kier molecular flexibility index (Phi) is 4.27. The third-order valence-corrected chi connectivity index (χ3v) is 4.12. The molecule has 0 aliphatic rings. The van der Waals surface area contributed by atoms with Crippen LogP contribution >= 0.6 is 11.3 Å². The topological polar surface area (TPSA) is 29.3 Å². The molecule has 2 nitrogen and oxygen atoms in total. The Balaban J connectivity index is 2.01. The molecule has 1 heterocycles. The van der Waals surface area contributed by atoms with Crippen LogP contribution in [-0.2, 0) is 12.0 Å². The molecule has 0 aliphatic heterocycles. The predicted octanol–water partition coefficient (Wildman–Crippen LogP) is 3.74. The lowest BCUT2D eigenvalue weighted by Crippen LogP contribution is -2.34. The molecule has 19 heavy (non-hydrogen) atoms. The molecule has 2 rings (SSSR count). The highest BCUT2D eigenvalue weighted by Crippen LogP contribution is 2.25. The minimum Gasteiger partial charge on any atom is -0.399 e. The summed E-state index contributed by atoms with van der Waals surface area (Å²) in [6.07, 6.45) is 0. The van der Waals surface area contributed by atoms with Gasteiger partial charge in [-0.25, -0.2) is 0 Å². The molecule has 0 saturated heterocycles. The largest absolute Gasteiger partial charge is 0.399 e. The third kappa shape index (κ3) is 3.82. The number of nitrogen functional groups attached to an aromatic ring is 1. The zero-order chi connectivity index (χ0) is 13.9. The number of benzene rings is 1. The van der Waals surface area contributed by atoms with Crippen LogP contribution in [0, 0.1) is 0 Å². The van der Waals surface area contributed by atoms with Crippen LogP contribution in [0.4, 0.5) is 5.69 Å². The van der Waals surface area contributed by atoms with E-state index in [1.165, 1.54) is 11.1 Å². The van der Waals surface area contributed by atoms with Crippen LogP contribution in [-0.4, -0.2) is 18.5 Å². The van der Waals surface area contributed by atoms with Gasteiger partial charge in [0.1, 0.15) is 0 Å². The molecule has 0 radical (unpaired) electrons. The average molecular weight is 274 g/mol. The van der Waals surface area contributed by atoms with Crippen LogP contribution in [0.1, 0.15) is 25.0 Å². The van der Waals surface area contributed by atoms with E-state index in [0.29, 0.717) is 0 Å². The van der Waals surface area contributed by atoms with E-state index in [4.69, 9.17) is 5.73 Å². The Labute approximate surface area is 119 Å². The van der Waals surface area contributed by atoms with Gasteiger partial charge >= 0.3 is 0 Å². The molecule has 102 valence electrons. The van der Waals surface area contributed by atoms with Gasteiger partial charge in [0.05, 0.1) is 0 Å². The zero-order valence-electron chi connectivity index (χ0n) is 11.9. The van der Waals surface area contributed by atoms with Crippen molar-refractivity contribution in [3.05, 3.63) is 52.2 Å². The van der Waals surface area contributed by atoms with E-state index in [1.54, 1.807) is 11.3 Å². The number of hydrogen-bond acceptors (Lipinski definition) is 3. The number of likely N-dealkylation sites (N-methyl/N-ethyl adjacent to an activating group) is 1. The second-order valence-electron chi connectivity index (χ2n) is 5.81. The molecule has 0 aliphatic carbocycles. The number of rotatable bonds is 5. The molecule has 0 atom stereocenters. The molecule has 2 N–H and O–H groups in total. The summed E-state index contributed by atoms with van der Waals surface area (Å²) in [5.41, 5.74) is 9.42. The Morgan fingerprint density at radius 2 is 1.84 bits per heavy atom. The first-order valence-electron chi connectivity index (χ1n) is 6.53. The first-order valence-corrected chi connectivity index (χ1v) is 7.47. The van der Waals surface area contributed by atoms with Gasteiger partial charge in [-0.2, -0.15) is 11.3 Å². The summed E-state index contributed by atoms with van der Waals surface area (Å²) >= 11 is 1.76. The standard InChI is InChI=1S/C16H22N2S/c1-16(2,14-4-6-15(17)7-5-14)12-18(3)10-13-8-9-19-11-13/h4-9,11H,10,12,17H2,1-3H3.